The van der Waals surface area contributed by atoms with Crippen LogP contribution in [-0.4, -0.2) is 45.6 Å². The van der Waals surface area contributed by atoms with Crippen molar-refractivity contribution in [2.45, 2.75) is 38.6 Å². The van der Waals surface area contributed by atoms with Gasteiger partial charge in [-0.25, -0.2) is 4.98 Å². The minimum absolute atomic E-state index is 0.0135. The Labute approximate surface area is 140 Å². The molecule has 0 bridgehead atoms. The monoisotopic (exact) mass is 327 g/mol. The Morgan fingerprint density at radius 2 is 2.04 bits per heavy atom. The van der Waals surface area contributed by atoms with Gasteiger partial charge in [-0.3, -0.25) is 4.79 Å². The van der Waals surface area contributed by atoms with E-state index in [1.807, 2.05) is 17.0 Å². The highest BCUT2D eigenvalue weighted by molar-refractivity contribution is 5.94. The maximum atomic E-state index is 12.9. The van der Waals surface area contributed by atoms with E-state index in [1.54, 1.807) is 13.1 Å². The van der Waals surface area contributed by atoms with Gasteiger partial charge >= 0.3 is 0 Å². The van der Waals surface area contributed by atoms with Gasteiger partial charge in [0.1, 0.15) is 5.82 Å². The molecule has 0 unspecified atom stereocenters. The fourth-order valence-electron chi connectivity index (χ4n) is 3.54. The summed E-state index contributed by atoms with van der Waals surface area (Å²) in [4.78, 5) is 25.7. The van der Waals surface area contributed by atoms with Gasteiger partial charge in [-0.05, 0) is 37.8 Å². The summed E-state index contributed by atoms with van der Waals surface area (Å²) in [5, 5.41) is 3.99. The molecule has 1 atom stereocenters. The summed E-state index contributed by atoms with van der Waals surface area (Å²) in [5.41, 5.74) is 0.616. The van der Waals surface area contributed by atoms with E-state index in [4.69, 9.17) is 4.52 Å². The van der Waals surface area contributed by atoms with Crippen LogP contribution in [0.1, 0.15) is 53.8 Å². The van der Waals surface area contributed by atoms with Crippen molar-refractivity contribution in [2.75, 3.05) is 24.5 Å². The molecule has 2 saturated heterocycles. The molecule has 4 rings (SSSR count). The predicted octanol–water partition coefficient (Wildman–Crippen LogP) is 2.35. The average Bonchev–Trinajstić information content (AvgIpc) is 3.35. The molecule has 0 spiro atoms. The zero-order chi connectivity index (χ0) is 16.5. The molecule has 2 fully saturated rings. The number of carbonyl (C=O) groups excluding carboxylic acids is 1. The number of nitrogens with zero attached hydrogens (tertiary/aromatic N) is 5. The molecule has 126 valence electrons. The Morgan fingerprint density at radius 3 is 2.71 bits per heavy atom. The molecule has 2 aromatic heterocycles. The van der Waals surface area contributed by atoms with E-state index in [-0.39, 0.29) is 11.9 Å². The number of hydrogen-bond donors (Lipinski definition) is 0. The second-order valence-corrected chi connectivity index (χ2v) is 6.43. The molecule has 1 amide bonds. The Morgan fingerprint density at radius 1 is 1.21 bits per heavy atom. The van der Waals surface area contributed by atoms with Crippen molar-refractivity contribution in [3.63, 3.8) is 0 Å². The zero-order valence-electron chi connectivity index (χ0n) is 13.8. The number of carbonyl (C=O) groups is 1. The van der Waals surface area contributed by atoms with E-state index in [9.17, 15) is 4.79 Å². The Kier molecular flexibility index (Phi) is 3.92. The molecule has 2 aromatic rings. The molecule has 24 heavy (non-hydrogen) atoms. The highest BCUT2D eigenvalue weighted by Gasteiger charge is 2.33. The van der Waals surface area contributed by atoms with Crippen molar-refractivity contribution in [3.05, 3.63) is 35.6 Å². The van der Waals surface area contributed by atoms with Crippen LogP contribution in [0.5, 0.6) is 0 Å². The minimum Gasteiger partial charge on any atom is -0.357 e. The van der Waals surface area contributed by atoms with E-state index in [0.717, 1.165) is 31.7 Å². The molecule has 7 heteroatoms. The van der Waals surface area contributed by atoms with Crippen molar-refractivity contribution >= 4 is 11.7 Å². The molecule has 0 saturated carbocycles. The normalized spacial score (nSPS) is 20.8. The molecule has 0 aromatic carbocycles. The lowest BCUT2D eigenvalue weighted by atomic mass is 10.2. The third-order valence-electron chi connectivity index (χ3n) is 4.78. The van der Waals surface area contributed by atoms with Gasteiger partial charge in [0.25, 0.3) is 5.91 Å². The summed E-state index contributed by atoms with van der Waals surface area (Å²) in [5.74, 6) is 2.07. The summed E-state index contributed by atoms with van der Waals surface area (Å²) in [6.07, 6.45) is 5.92. The van der Waals surface area contributed by atoms with Crippen LogP contribution in [0.15, 0.2) is 22.9 Å². The molecule has 2 aliphatic rings. The third-order valence-corrected chi connectivity index (χ3v) is 4.78. The zero-order valence-corrected chi connectivity index (χ0v) is 13.8. The summed E-state index contributed by atoms with van der Waals surface area (Å²) in [7, 11) is 0. The van der Waals surface area contributed by atoms with Crippen LogP contribution in [0.2, 0.25) is 0 Å². The number of aromatic nitrogens is 3. The molecule has 0 N–H and O–H groups in total. The van der Waals surface area contributed by atoms with E-state index < -0.39 is 0 Å². The second-order valence-electron chi connectivity index (χ2n) is 6.43. The summed E-state index contributed by atoms with van der Waals surface area (Å²) in [6, 6.07) is 3.72. The molecule has 7 nitrogen and oxygen atoms in total. The van der Waals surface area contributed by atoms with E-state index in [1.165, 1.54) is 12.8 Å². The topological polar surface area (TPSA) is 75.4 Å². The number of anilines is 1. The fraction of sp³-hybridized carbons (Fsp3) is 0.529. The molecule has 0 aliphatic carbocycles. The van der Waals surface area contributed by atoms with Crippen LogP contribution in [0.4, 0.5) is 5.82 Å². The predicted molar refractivity (Wildman–Crippen MR) is 87.7 cm³/mol. The SMILES string of the molecule is Cc1nc([C@H]2CCCN2C(=O)c2ccc(N3CCCC3)nc2)no1. The number of amides is 1. The number of aryl methyl sites for hydroxylation is 1. The summed E-state index contributed by atoms with van der Waals surface area (Å²) in [6.45, 7) is 4.57. The smallest absolute Gasteiger partial charge is 0.256 e. The van der Waals surface area contributed by atoms with Crippen LogP contribution in [0, 0.1) is 6.92 Å². The van der Waals surface area contributed by atoms with Gasteiger partial charge in [0.05, 0.1) is 11.6 Å². The highest BCUT2D eigenvalue weighted by Crippen LogP contribution is 2.31. The largest absolute Gasteiger partial charge is 0.357 e. The van der Waals surface area contributed by atoms with Gasteiger partial charge in [-0.2, -0.15) is 4.98 Å². The lowest BCUT2D eigenvalue weighted by Gasteiger charge is -2.22. The maximum Gasteiger partial charge on any atom is 0.256 e. The van der Waals surface area contributed by atoms with Crippen LogP contribution >= 0.6 is 0 Å². The van der Waals surface area contributed by atoms with Crippen LogP contribution < -0.4 is 4.90 Å². The number of pyridine rings is 1. The number of hydrogen-bond acceptors (Lipinski definition) is 6. The second kappa shape index (κ2) is 6.22. The first-order valence-corrected chi connectivity index (χ1v) is 8.54. The number of rotatable bonds is 3. The van der Waals surface area contributed by atoms with Crippen LogP contribution in [0.3, 0.4) is 0 Å². The van der Waals surface area contributed by atoms with Crippen molar-refractivity contribution < 1.29 is 9.32 Å². The third kappa shape index (κ3) is 2.74. The summed E-state index contributed by atoms with van der Waals surface area (Å²) >= 11 is 0. The van der Waals surface area contributed by atoms with Gasteiger partial charge in [0.15, 0.2) is 5.82 Å². The summed E-state index contributed by atoms with van der Waals surface area (Å²) < 4.78 is 5.07. The van der Waals surface area contributed by atoms with Crippen molar-refractivity contribution in [1.29, 1.82) is 0 Å². The first-order valence-electron chi connectivity index (χ1n) is 8.54. The molecule has 2 aliphatic heterocycles. The van der Waals surface area contributed by atoms with Crippen LogP contribution in [-0.2, 0) is 0 Å². The van der Waals surface area contributed by atoms with Gasteiger partial charge in [-0.15, -0.1) is 0 Å². The lowest BCUT2D eigenvalue weighted by Crippen LogP contribution is -2.31. The number of likely N-dealkylation sites (tertiary alicyclic amines) is 1. The van der Waals surface area contributed by atoms with E-state index >= 15 is 0 Å². The lowest BCUT2D eigenvalue weighted by molar-refractivity contribution is 0.0728. The quantitative estimate of drug-likeness (QED) is 0.861. The Balaban J connectivity index is 1.52. The first kappa shape index (κ1) is 15.1. The van der Waals surface area contributed by atoms with Gasteiger partial charge in [0, 0.05) is 32.8 Å². The molecular weight excluding hydrogens is 306 g/mol. The average molecular weight is 327 g/mol. The van der Waals surface area contributed by atoms with E-state index in [0.29, 0.717) is 23.8 Å². The van der Waals surface area contributed by atoms with E-state index in [2.05, 4.69) is 20.0 Å². The molecular formula is C17H21N5O2. The Hall–Kier alpha value is -2.44. The first-order chi connectivity index (χ1) is 11.7. The fourth-order valence-corrected chi connectivity index (χ4v) is 3.54. The molecule has 0 radical (unpaired) electrons. The molecule has 4 heterocycles. The van der Waals surface area contributed by atoms with Crippen molar-refractivity contribution in [3.8, 4) is 0 Å². The van der Waals surface area contributed by atoms with Crippen molar-refractivity contribution in [2.24, 2.45) is 0 Å². The highest BCUT2D eigenvalue weighted by atomic mass is 16.5. The Bertz CT molecular complexity index is 721. The minimum atomic E-state index is -0.104. The van der Waals surface area contributed by atoms with Gasteiger partial charge in [-0.1, -0.05) is 5.16 Å². The van der Waals surface area contributed by atoms with Gasteiger partial charge < -0.3 is 14.3 Å². The maximum absolute atomic E-state index is 12.9. The van der Waals surface area contributed by atoms with Crippen molar-refractivity contribution in [1.82, 2.24) is 20.0 Å². The standard InChI is InChI=1S/C17H21N5O2/c1-12-19-16(20-24-12)14-5-4-10-22(14)17(23)13-6-7-15(18-11-13)21-8-2-3-9-21/h6-7,11,14H,2-5,8-10H2,1H3/t14-/m1/s1. The van der Waals surface area contributed by atoms with Crippen LogP contribution in [0.25, 0.3) is 0 Å². The van der Waals surface area contributed by atoms with Gasteiger partial charge in [0.2, 0.25) is 5.89 Å².